The summed E-state index contributed by atoms with van der Waals surface area (Å²) in [5.74, 6) is 1.59. The molecule has 1 heterocycles. The van der Waals surface area contributed by atoms with Crippen molar-refractivity contribution in [2.24, 2.45) is 4.99 Å². The van der Waals surface area contributed by atoms with Crippen LogP contribution in [0.15, 0.2) is 48.0 Å². The van der Waals surface area contributed by atoms with Gasteiger partial charge in [-0.25, -0.2) is 4.98 Å². The second-order valence-electron chi connectivity index (χ2n) is 6.73. The Kier molecular flexibility index (Phi) is 13.9. The lowest BCUT2D eigenvalue weighted by molar-refractivity contribution is 0.0702. The summed E-state index contributed by atoms with van der Waals surface area (Å²) >= 11 is 0. The number of halogens is 1. The van der Waals surface area contributed by atoms with Gasteiger partial charge in [0.05, 0.1) is 25.6 Å². The molecule has 0 amide bonds. The molecule has 0 aliphatic heterocycles. The first-order chi connectivity index (χ1) is 14.2. The summed E-state index contributed by atoms with van der Waals surface area (Å²) in [5, 5.41) is 6.71. The summed E-state index contributed by atoms with van der Waals surface area (Å²) in [4.78, 5) is 8.72. The third kappa shape index (κ3) is 11.4. The van der Waals surface area contributed by atoms with Crippen molar-refractivity contribution in [3.05, 3.63) is 43.0 Å². The van der Waals surface area contributed by atoms with E-state index in [0.717, 1.165) is 36.9 Å². The lowest BCUT2D eigenvalue weighted by Crippen LogP contribution is -2.33. The topological polar surface area (TPSA) is 81.9 Å². The number of rotatable bonds is 13. The molecule has 0 aliphatic carbocycles. The Labute approximate surface area is 196 Å². The van der Waals surface area contributed by atoms with Crippen molar-refractivity contribution in [3.8, 4) is 5.75 Å². The fraction of sp³-hybridized carbons (Fsp3) is 0.524. The fourth-order valence-corrected chi connectivity index (χ4v) is 2.49. The van der Waals surface area contributed by atoms with Gasteiger partial charge in [-0.15, -0.1) is 24.0 Å². The Morgan fingerprint density at radius 2 is 1.97 bits per heavy atom. The molecular formula is C21H34IN5O3. The van der Waals surface area contributed by atoms with Crippen LogP contribution in [-0.4, -0.2) is 61.6 Å². The summed E-state index contributed by atoms with van der Waals surface area (Å²) in [6.07, 6.45) is 6.52. The second-order valence-corrected chi connectivity index (χ2v) is 6.73. The number of methoxy groups -OCH3 is 1. The molecule has 0 bridgehead atoms. The molecule has 0 atom stereocenters. The summed E-state index contributed by atoms with van der Waals surface area (Å²) in [5.41, 5.74) is 0.950. The van der Waals surface area contributed by atoms with Gasteiger partial charge in [0.25, 0.3) is 0 Å². The Morgan fingerprint density at radius 1 is 1.17 bits per heavy atom. The Hall–Kier alpha value is -1.85. The number of nitrogens with zero attached hydrogens (tertiary/aromatic N) is 3. The highest BCUT2D eigenvalue weighted by Gasteiger charge is 2.02. The first kappa shape index (κ1) is 26.2. The van der Waals surface area contributed by atoms with Crippen LogP contribution >= 0.6 is 24.0 Å². The molecule has 0 saturated heterocycles. The largest absolute Gasteiger partial charge is 0.491 e. The Balaban J connectivity index is 0.00000450. The number of imidazole rings is 1. The summed E-state index contributed by atoms with van der Waals surface area (Å²) in [6, 6.07) is 7.88. The highest BCUT2D eigenvalue weighted by Crippen LogP contribution is 2.16. The van der Waals surface area contributed by atoms with Crippen molar-refractivity contribution in [3.63, 3.8) is 0 Å². The zero-order chi connectivity index (χ0) is 20.7. The normalized spacial score (nSPS) is 11.3. The van der Waals surface area contributed by atoms with Crippen molar-refractivity contribution in [2.75, 3.05) is 45.3 Å². The average molecular weight is 531 g/mol. The number of nitrogens with one attached hydrogen (secondary N) is 2. The molecule has 1 aromatic heterocycles. The van der Waals surface area contributed by atoms with Crippen LogP contribution in [0.2, 0.25) is 0 Å². The molecule has 30 heavy (non-hydrogen) atoms. The van der Waals surface area contributed by atoms with Crippen LogP contribution < -0.4 is 15.4 Å². The van der Waals surface area contributed by atoms with Gasteiger partial charge in [0.15, 0.2) is 5.96 Å². The fourth-order valence-electron chi connectivity index (χ4n) is 2.49. The van der Waals surface area contributed by atoms with Crippen LogP contribution in [0, 0.1) is 0 Å². The number of aliphatic imine (C=N–C) groups is 1. The van der Waals surface area contributed by atoms with Gasteiger partial charge in [0.1, 0.15) is 5.75 Å². The van der Waals surface area contributed by atoms with Gasteiger partial charge < -0.3 is 29.4 Å². The first-order valence-corrected chi connectivity index (χ1v) is 10.0. The van der Waals surface area contributed by atoms with Gasteiger partial charge in [-0.1, -0.05) is 0 Å². The van der Waals surface area contributed by atoms with Crippen molar-refractivity contribution in [2.45, 2.75) is 32.9 Å². The van der Waals surface area contributed by atoms with Crippen LogP contribution in [0.4, 0.5) is 5.69 Å². The molecule has 168 valence electrons. The smallest absolute Gasteiger partial charge is 0.195 e. The van der Waals surface area contributed by atoms with Gasteiger partial charge >= 0.3 is 0 Å². The maximum Gasteiger partial charge on any atom is 0.195 e. The van der Waals surface area contributed by atoms with Gasteiger partial charge in [-0.2, -0.15) is 0 Å². The molecule has 0 saturated carbocycles. The van der Waals surface area contributed by atoms with Gasteiger partial charge in [0.2, 0.25) is 0 Å². The minimum atomic E-state index is 0. The lowest BCUT2D eigenvalue weighted by atomic mass is 10.3. The van der Waals surface area contributed by atoms with Crippen LogP contribution in [-0.2, 0) is 16.0 Å². The molecule has 0 fully saturated rings. The molecule has 9 heteroatoms. The SMILES string of the molecule is COCCOCCCN=C(NCCn1ccnc1)Nc1ccc(OC(C)C)cc1.I. The van der Waals surface area contributed by atoms with Crippen LogP contribution in [0.3, 0.4) is 0 Å². The third-order valence-electron chi connectivity index (χ3n) is 3.86. The maximum atomic E-state index is 5.70. The van der Waals surface area contributed by atoms with E-state index in [9.17, 15) is 0 Å². The van der Waals surface area contributed by atoms with E-state index in [1.807, 2.05) is 48.9 Å². The molecule has 8 nitrogen and oxygen atoms in total. The number of hydrogen-bond donors (Lipinski definition) is 2. The molecule has 2 aromatic rings. The lowest BCUT2D eigenvalue weighted by Gasteiger charge is -2.14. The standard InChI is InChI=1S/C21H33N5O3.HI/c1-18(2)29-20-7-5-19(6-8-20)25-21(23-9-4-14-28-16-15-27-3)24-11-13-26-12-10-22-17-26;/h5-8,10,12,17-18H,4,9,11,13-16H2,1-3H3,(H2,23,24,25);1H. The van der Waals surface area contributed by atoms with Crippen molar-refractivity contribution in [1.29, 1.82) is 0 Å². The molecule has 0 unspecified atom stereocenters. The number of ether oxygens (including phenoxy) is 3. The van der Waals surface area contributed by atoms with E-state index in [0.29, 0.717) is 26.4 Å². The average Bonchev–Trinajstić information content (AvgIpc) is 3.21. The quantitative estimate of drug-likeness (QED) is 0.179. The van der Waals surface area contributed by atoms with Crippen LogP contribution in [0.25, 0.3) is 0 Å². The van der Waals surface area contributed by atoms with Crippen molar-refractivity contribution >= 4 is 35.6 Å². The van der Waals surface area contributed by atoms with Crippen LogP contribution in [0.1, 0.15) is 20.3 Å². The van der Waals surface area contributed by atoms with Gasteiger partial charge in [-0.05, 0) is 44.5 Å². The number of benzene rings is 1. The molecular weight excluding hydrogens is 497 g/mol. The molecule has 0 aliphatic rings. The van der Waals surface area contributed by atoms with E-state index in [-0.39, 0.29) is 30.1 Å². The van der Waals surface area contributed by atoms with Crippen LogP contribution in [0.5, 0.6) is 5.75 Å². The first-order valence-electron chi connectivity index (χ1n) is 10.0. The highest BCUT2D eigenvalue weighted by atomic mass is 127. The summed E-state index contributed by atoms with van der Waals surface area (Å²) in [6.45, 7) is 8.13. The molecule has 0 spiro atoms. The van der Waals surface area contributed by atoms with E-state index in [1.165, 1.54) is 0 Å². The molecule has 2 N–H and O–H groups in total. The van der Waals surface area contributed by atoms with Gasteiger partial charge in [0, 0.05) is 51.4 Å². The molecule has 2 rings (SSSR count). The highest BCUT2D eigenvalue weighted by molar-refractivity contribution is 14.0. The van der Waals surface area contributed by atoms with E-state index in [1.54, 1.807) is 19.6 Å². The monoisotopic (exact) mass is 531 g/mol. The Morgan fingerprint density at radius 3 is 2.63 bits per heavy atom. The summed E-state index contributed by atoms with van der Waals surface area (Å²) in [7, 11) is 1.67. The predicted molar refractivity (Wildman–Crippen MR) is 131 cm³/mol. The van der Waals surface area contributed by atoms with Gasteiger partial charge in [-0.3, -0.25) is 4.99 Å². The predicted octanol–water partition coefficient (Wildman–Crippen LogP) is 3.40. The summed E-state index contributed by atoms with van der Waals surface area (Å²) < 4.78 is 18.2. The van der Waals surface area contributed by atoms with E-state index >= 15 is 0 Å². The minimum absolute atomic E-state index is 0. The zero-order valence-electron chi connectivity index (χ0n) is 18.0. The van der Waals surface area contributed by atoms with Crippen molar-refractivity contribution < 1.29 is 14.2 Å². The van der Waals surface area contributed by atoms with E-state index < -0.39 is 0 Å². The third-order valence-corrected chi connectivity index (χ3v) is 3.86. The molecule has 1 aromatic carbocycles. The second kappa shape index (κ2) is 15.9. The maximum absolute atomic E-state index is 5.70. The zero-order valence-corrected chi connectivity index (χ0v) is 20.4. The molecule has 0 radical (unpaired) electrons. The van der Waals surface area contributed by atoms with E-state index in [2.05, 4.69) is 20.6 Å². The number of hydrogen-bond acceptors (Lipinski definition) is 5. The van der Waals surface area contributed by atoms with E-state index in [4.69, 9.17) is 14.2 Å². The number of guanidine groups is 1. The minimum Gasteiger partial charge on any atom is -0.491 e. The Bertz CT molecular complexity index is 693. The van der Waals surface area contributed by atoms with Crippen molar-refractivity contribution in [1.82, 2.24) is 14.9 Å². The number of anilines is 1. The number of aromatic nitrogens is 2.